The van der Waals surface area contributed by atoms with Crippen molar-refractivity contribution in [1.29, 1.82) is 0 Å². The third-order valence-corrected chi connectivity index (χ3v) is 4.80. The quantitative estimate of drug-likeness (QED) is 0.796. The first-order valence-electron chi connectivity index (χ1n) is 7.60. The molecule has 3 rings (SSSR count). The summed E-state index contributed by atoms with van der Waals surface area (Å²) >= 11 is 1.43. The van der Waals surface area contributed by atoms with E-state index in [2.05, 4.69) is 25.1 Å². The van der Waals surface area contributed by atoms with Crippen molar-refractivity contribution in [2.24, 2.45) is 0 Å². The summed E-state index contributed by atoms with van der Waals surface area (Å²) in [5, 5.41) is 5.77. The minimum absolute atomic E-state index is 0.127. The van der Waals surface area contributed by atoms with E-state index >= 15 is 0 Å². The molecule has 0 saturated heterocycles. The van der Waals surface area contributed by atoms with Crippen LogP contribution in [0.4, 0.5) is 14.5 Å². The lowest BCUT2D eigenvalue weighted by Crippen LogP contribution is -2.36. The number of thiazole rings is 1. The molecule has 0 fully saturated rings. The van der Waals surface area contributed by atoms with Crippen molar-refractivity contribution in [2.45, 2.75) is 33.1 Å². The van der Waals surface area contributed by atoms with Gasteiger partial charge in [-0.3, -0.25) is 9.59 Å². The highest BCUT2D eigenvalue weighted by Crippen LogP contribution is 2.42. The zero-order valence-electron chi connectivity index (χ0n) is 14.1. The fourth-order valence-corrected chi connectivity index (χ4v) is 3.42. The number of ether oxygens (including phenoxy) is 2. The summed E-state index contributed by atoms with van der Waals surface area (Å²) in [6, 6.07) is 3.31. The maximum atomic E-state index is 13.0. The van der Waals surface area contributed by atoms with Gasteiger partial charge in [0.2, 0.25) is 0 Å². The Balaban J connectivity index is 1.63. The molecule has 1 aliphatic heterocycles. The maximum Gasteiger partial charge on any atom is 0.586 e. The molecule has 0 unspecified atom stereocenters. The van der Waals surface area contributed by atoms with Gasteiger partial charge in [0.1, 0.15) is 0 Å². The van der Waals surface area contributed by atoms with Gasteiger partial charge in [-0.2, -0.15) is 0 Å². The average Bonchev–Trinajstić information content (AvgIpc) is 3.03. The first-order valence-corrected chi connectivity index (χ1v) is 8.42. The number of benzene rings is 1. The molecule has 0 spiro atoms. The zero-order chi connectivity index (χ0) is 19.1. The Bertz CT molecular complexity index is 884. The maximum absolute atomic E-state index is 13.0. The normalized spacial score (nSPS) is 15.4. The molecule has 2 heterocycles. The number of carbonyl (C=O) groups excluding carboxylic acids is 2. The lowest BCUT2D eigenvalue weighted by atomic mass is 10.2. The second-order valence-electron chi connectivity index (χ2n) is 5.66. The number of nitrogens with one attached hydrogen (secondary N) is 2. The largest absolute Gasteiger partial charge is 0.586 e. The van der Waals surface area contributed by atoms with Crippen molar-refractivity contribution < 1.29 is 27.8 Å². The number of amides is 2. The highest BCUT2D eigenvalue weighted by molar-refractivity contribution is 7.11. The van der Waals surface area contributed by atoms with Gasteiger partial charge in [0.05, 0.1) is 16.7 Å². The van der Waals surface area contributed by atoms with Crippen LogP contribution in [0.1, 0.15) is 28.5 Å². The topological polar surface area (TPSA) is 89.6 Å². The van der Waals surface area contributed by atoms with E-state index in [9.17, 15) is 18.4 Å². The van der Waals surface area contributed by atoms with E-state index in [1.807, 2.05) is 13.8 Å². The van der Waals surface area contributed by atoms with Crippen LogP contribution in [0.5, 0.6) is 11.5 Å². The van der Waals surface area contributed by atoms with Crippen LogP contribution in [-0.4, -0.2) is 23.1 Å². The molecule has 26 heavy (non-hydrogen) atoms. The van der Waals surface area contributed by atoms with Crippen LogP contribution < -0.4 is 20.1 Å². The Kier molecular flexibility index (Phi) is 4.53. The summed E-state index contributed by atoms with van der Waals surface area (Å²) < 4.78 is 34.6. The van der Waals surface area contributed by atoms with Crippen LogP contribution >= 0.6 is 11.3 Å². The van der Waals surface area contributed by atoms with E-state index in [1.165, 1.54) is 23.5 Å². The van der Waals surface area contributed by atoms with Crippen molar-refractivity contribution >= 4 is 28.8 Å². The standard InChI is InChI=1S/C16H15F2N3O4S/c1-7-13(26-9(3)19-7)8(2)20-14(22)15(23)21-10-4-5-11-12(6-10)25-16(17,18)24-11/h4-6,8H,1-3H3,(H,20,22)(H,21,23)/t8-/m1/s1. The monoisotopic (exact) mass is 383 g/mol. The molecule has 2 N–H and O–H groups in total. The number of carbonyl (C=O) groups is 2. The second-order valence-corrected chi connectivity index (χ2v) is 6.90. The molecule has 1 aromatic carbocycles. The third-order valence-electron chi connectivity index (χ3n) is 3.55. The molecule has 0 saturated carbocycles. The van der Waals surface area contributed by atoms with E-state index in [0.717, 1.165) is 21.6 Å². The van der Waals surface area contributed by atoms with Crippen molar-refractivity contribution in [2.75, 3.05) is 5.32 Å². The van der Waals surface area contributed by atoms with Gasteiger partial charge in [0, 0.05) is 16.6 Å². The second kappa shape index (κ2) is 6.52. The number of hydrogen-bond acceptors (Lipinski definition) is 6. The van der Waals surface area contributed by atoms with Gasteiger partial charge in [-0.25, -0.2) is 4.98 Å². The first kappa shape index (κ1) is 18.1. The van der Waals surface area contributed by atoms with E-state index in [0.29, 0.717) is 0 Å². The van der Waals surface area contributed by atoms with Crippen molar-refractivity contribution in [1.82, 2.24) is 10.3 Å². The number of anilines is 1. The molecule has 0 radical (unpaired) electrons. The summed E-state index contributed by atoms with van der Waals surface area (Å²) in [4.78, 5) is 29.2. The summed E-state index contributed by atoms with van der Waals surface area (Å²) in [6.07, 6.45) is -3.75. The molecule has 1 aliphatic rings. The van der Waals surface area contributed by atoms with Crippen molar-refractivity contribution in [3.63, 3.8) is 0 Å². The van der Waals surface area contributed by atoms with Gasteiger partial charge in [-0.15, -0.1) is 20.1 Å². The molecule has 2 aromatic rings. The Morgan fingerprint density at radius 3 is 2.54 bits per heavy atom. The summed E-state index contributed by atoms with van der Waals surface area (Å²) in [6.45, 7) is 5.42. The summed E-state index contributed by atoms with van der Waals surface area (Å²) in [7, 11) is 0. The number of alkyl halides is 2. The minimum Gasteiger partial charge on any atom is -0.395 e. The van der Waals surface area contributed by atoms with Crippen LogP contribution in [0.3, 0.4) is 0 Å². The number of rotatable bonds is 3. The zero-order valence-corrected chi connectivity index (χ0v) is 14.9. The molecule has 0 bridgehead atoms. The molecule has 1 aromatic heterocycles. The number of halogens is 2. The lowest BCUT2D eigenvalue weighted by Gasteiger charge is -2.13. The number of nitrogens with zero attached hydrogens (tertiary/aromatic N) is 1. The van der Waals surface area contributed by atoms with Crippen LogP contribution in [0.15, 0.2) is 18.2 Å². The van der Waals surface area contributed by atoms with E-state index in [-0.39, 0.29) is 17.2 Å². The van der Waals surface area contributed by atoms with Gasteiger partial charge in [0.15, 0.2) is 11.5 Å². The predicted octanol–water partition coefficient (Wildman–Crippen LogP) is 2.90. The highest BCUT2D eigenvalue weighted by atomic mass is 32.1. The number of aromatic nitrogens is 1. The minimum atomic E-state index is -3.75. The number of fused-ring (bicyclic) bond motifs is 1. The van der Waals surface area contributed by atoms with Crippen LogP contribution in [-0.2, 0) is 9.59 Å². The summed E-state index contributed by atoms with van der Waals surface area (Å²) in [5.74, 6) is -2.16. The van der Waals surface area contributed by atoms with Gasteiger partial charge < -0.3 is 20.1 Å². The summed E-state index contributed by atoms with van der Waals surface area (Å²) in [5.41, 5.74) is 0.917. The fraction of sp³-hybridized carbons (Fsp3) is 0.312. The van der Waals surface area contributed by atoms with Crippen LogP contribution in [0.25, 0.3) is 0 Å². The molecular formula is C16H15F2N3O4S. The van der Waals surface area contributed by atoms with Crippen LogP contribution in [0.2, 0.25) is 0 Å². The molecule has 2 amide bonds. The fourth-order valence-electron chi connectivity index (χ4n) is 2.49. The third kappa shape index (κ3) is 3.74. The van der Waals surface area contributed by atoms with Crippen LogP contribution in [0, 0.1) is 13.8 Å². The SMILES string of the molecule is Cc1nc(C)c([C@@H](C)NC(=O)C(=O)Nc2ccc3c(c2)OC(F)(F)O3)s1. The van der Waals surface area contributed by atoms with Gasteiger partial charge >= 0.3 is 18.1 Å². The van der Waals surface area contributed by atoms with E-state index in [4.69, 9.17) is 0 Å². The molecular weight excluding hydrogens is 368 g/mol. The van der Waals surface area contributed by atoms with E-state index in [1.54, 1.807) is 6.92 Å². The van der Waals surface area contributed by atoms with Gasteiger partial charge in [-0.05, 0) is 32.9 Å². The Hall–Kier alpha value is -2.75. The highest BCUT2D eigenvalue weighted by Gasteiger charge is 2.43. The lowest BCUT2D eigenvalue weighted by molar-refractivity contribution is -0.286. The van der Waals surface area contributed by atoms with E-state index < -0.39 is 24.2 Å². The molecule has 0 aliphatic carbocycles. The Morgan fingerprint density at radius 1 is 1.19 bits per heavy atom. The molecule has 138 valence electrons. The Morgan fingerprint density at radius 2 is 1.88 bits per heavy atom. The Labute approximate surface area is 151 Å². The average molecular weight is 383 g/mol. The van der Waals surface area contributed by atoms with Crippen molar-refractivity contribution in [3.8, 4) is 11.5 Å². The van der Waals surface area contributed by atoms with Gasteiger partial charge in [0.25, 0.3) is 0 Å². The number of hydrogen-bond donors (Lipinski definition) is 2. The smallest absolute Gasteiger partial charge is 0.395 e. The van der Waals surface area contributed by atoms with Gasteiger partial charge in [-0.1, -0.05) is 0 Å². The molecule has 7 nitrogen and oxygen atoms in total. The number of aryl methyl sites for hydroxylation is 2. The first-order chi connectivity index (χ1) is 12.1. The molecule has 10 heteroatoms. The predicted molar refractivity (Wildman–Crippen MR) is 89.4 cm³/mol. The molecule has 1 atom stereocenters. The van der Waals surface area contributed by atoms with Crippen molar-refractivity contribution in [3.05, 3.63) is 33.8 Å².